The number of phenols is 1. The van der Waals surface area contributed by atoms with Crippen molar-refractivity contribution in [2.75, 3.05) is 11.4 Å². The molecule has 3 aromatic rings. The van der Waals surface area contributed by atoms with Gasteiger partial charge in [0.05, 0.1) is 23.2 Å². The largest absolute Gasteiger partial charge is 0.509 e. The van der Waals surface area contributed by atoms with Gasteiger partial charge in [-0.25, -0.2) is 4.98 Å². The van der Waals surface area contributed by atoms with Crippen molar-refractivity contribution in [3.05, 3.63) is 59.6 Å². The van der Waals surface area contributed by atoms with Crippen LogP contribution in [-0.4, -0.2) is 32.1 Å². The highest BCUT2D eigenvalue weighted by molar-refractivity contribution is 6.30. The maximum Gasteiger partial charge on any atom is 0.148 e. The van der Waals surface area contributed by atoms with E-state index in [1.807, 2.05) is 48.9 Å². The Morgan fingerprint density at radius 3 is 2.60 bits per heavy atom. The summed E-state index contributed by atoms with van der Waals surface area (Å²) in [5.41, 5.74) is 3.60. The number of rotatable bonds is 2. The van der Waals surface area contributed by atoms with Crippen LogP contribution < -0.4 is 4.90 Å². The maximum atomic E-state index is 10.5. The fourth-order valence-electron chi connectivity index (χ4n) is 3.17. The van der Waals surface area contributed by atoms with E-state index in [-0.39, 0.29) is 23.9 Å². The van der Waals surface area contributed by atoms with E-state index in [4.69, 9.17) is 5.41 Å². The van der Waals surface area contributed by atoms with Crippen molar-refractivity contribution < 1.29 is 10.2 Å². The van der Waals surface area contributed by atoms with E-state index in [0.29, 0.717) is 17.1 Å². The number of nitrogens with zero attached hydrogens (tertiary/aromatic N) is 3. The molecule has 25 heavy (non-hydrogen) atoms. The first-order valence-electron chi connectivity index (χ1n) is 7.97. The molecule has 0 spiro atoms. The van der Waals surface area contributed by atoms with Crippen LogP contribution in [0.2, 0.25) is 0 Å². The van der Waals surface area contributed by atoms with Gasteiger partial charge in [-0.1, -0.05) is 18.2 Å². The van der Waals surface area contributed by atoms with Crippen LogP contribution in [0, 0.1) is 12.3 Å². The zero-order chi connectivity index (χ0) is 17.7. The topological polar surface area (TPSA) is 85.4 Å². The Labute approximate surface area is 144 Å². The van der Waals surface area contributed by atoms with Crippen LogP contribution in [0.4, 0.5) is 5.69 Å². The third-order valence-corrected chi connectivity index (χ3v) is 4.62. The van der Waals surface area contributed by atoms with Crippen LogP contribution in [0.1, 0.15) is 11.4 Å². The summed E-state index contributed by atoms with van der Waals surface area (Å²) in [5, 5.41) is 29.0. The highest BCUT2D eigenvalue weighted by Gasteiger charge is 2.32. The summed E-state index contributed by atoms with van der Waals surface area (Å²) in [4.78, 5) is 6.24. The van der Waals surface area contributed by atoms with Crippen LogP contribution in [0.5, 0.6) is 5.75 Å². The number of imidazole rings is 1. The van der Waals surface area contributed by atoms with Gasteiger partial charge in [0, 0.05) is 18.8 Å². The molecule has 0 amide bonds. The van der Waals surface area contributed by atoms with Crippen molar-refractivity contribution in [1.82, 2.24) is 9.55 Å². The van der Waals surface area contributed by atoms with E-state index in [0.717, 1.165) is 16.6 Å². The predicted molar refractivity (Wildman–Crippen MR) is 98.2 cm³/mol. The third kappa shape index (κ3) is 2.26. The molecule has 0 atom stereocenters. The molecular weight excluding hydrogens is 316 g/mol. The molecule has 0 unspecified atom stereocenters. The van der Waals surface area contributed by atoms with E-state index in [1.165, 1.54) is 0 Å². The van der Waals surface area contributed by atoms with Gasteiger partial charge in [-0.15, -0.1) is 0 Å². The number of nitrogens with one attached hydrogen (secondary N) is 1. The van der Waals surface area contributed by atoms with Crippen LogP contribution >= 0.6 is 0 Å². The minimum absolute atomic E-state index is 0.100. The lowest BCUT2D eigenvalue weighted by Gasteiger charge is -2.19. The summed E-state index contributed by atoms with van der Waals surface area (Å²) in [6.07, 6.45) is 0. The lowest BCUT2D eigenvalue weighted by atomic mass is 10.2. The molecule has 2 aromatic carbocycles. The molecule has 3 N–H and O–H groups in total. The fraction of sp³-hybridized carbons (Fsp3) is 0.158. The van der Waals surface area contributed by atoms with E-state index in [2.05, 4.69) is 4.98 Å². The number of phenolic OH excluding ortho intramolecular Hbond substituents is 1. The quantitative estimate of drug-likeness (QED) is 0.671. The second-order valence-electron chi connectivity index (χ2n) is 6.21. The minimum Gasteiger partial charge on any atom is -0.509 e. The van der Waals surface area contributed by atoms with Gasteiger partial charge in [-0.05, 0) is 30.7 Å². The van der Waals surface area contributed by atoms with Crippen molar-refractivity contribution in [3.63, 3.8) is 0 Å². The molecule has 0 fully saturated rings. The number of aliphatic hydroxyl groups is 1. The van der Waals surface area contributed by atoms with Crippen LogP contribution in [0.15, 0.2) is 48.2 Å². The van der Waals surface area contributed by atoms with Gasteiger partial charge in [-0.2, -0.15) is 0 Å². The number of aromatic nitrogens is 2. The number of aryl methyl sites for hydroxylation is 2. The first-order chi connectivity index (χ1) is 12.0. The first kappa shape index (κ1) is 15.3. The summed E-state index contributed by atoms with van der Waals surface area (Å²) >= 11 is 0. The molecule has 1 aliphatic rings. The molecule has 1 aromatic heterocycles. The van der Waals surface area contributed by atoms with E-state index >= 15 is 0 Å². The van der Waals surface area contributed by atoms with Crippen molar-refractivity contribution >= 4 is 28.1 Å². The van der Waals surface area contributed by atoms with Gasteiger partial charge < -0.3 is 19.7 Å². The zero-order valence-electron chi connectivity index (χ0n) is 14.0. The second-order valence-corrected chi connectivity index (χ2v) is 6.21. The van der Waals surface area contributed by atoms with Gasteiger partial charge in [0.15, 0.2) is 0 Å². The summed E-state index contributed by atoms with van der Waals surface area (Å²) in [7, 11) is 1.87. The zero-order valence-corrected chi connectivity index (χ0v) is 14.0. The first-order valence-corrected chi connectivity index (χ1v) is 7.97. The molecule has 1 aliphatic heterocycles. The number of hydrogen-bond donors (Lipinski definition) is 3. The Morgan fingerprint density at radius 1 is 1.12 bits per heavy atom. The molecule has 6 nitrogen and oxygen atoms in total. The standard InChI is InChI=1S/C19H18N4O2/c1-11-7-8-12(9-15(11)24)23-10-16(25)17(18(23)20)19-21-13-5-3-4-6-14(13)22(19)2/h3-9,20,24-25H,10H2,1-2H3. The highest BCUT2D eigenvalue weighted by atomic mass is 16.3. The van der Waals surface area contributed by atoms with E-state index in [9.17, 15) is 10.2 Å². The van der Waals surface area contributed by atoms with Crippen molar-refractivity contribution in [3.8, 4) is 5.75 Å². The molecular formula is C19H18N4O2. The summed E-state index contributed by atoms with van der Waals surface area (Å²) in [5.74, 6) is 0.992. The molecule has 0 bridgehead atoms. The van der Waals surface area contributed by atoms with E-state index < -0.39 is 0 Å². The van der Waals surface area contributed by atoms with Crippen molar-refractivity contribution in [2.45, 2.75) is 6.92 Å². The second kappa shape index (κ2) is 5.37. The SMILES string of the molecule is Cc1ccc(N2CC(O)=C(c3nc4ccccc4n3C)C2=N)cc1O. The maximum absolute atomic E-state index is 10.5. The summed E-state index contributed by atoms with van der Waals surface area (Å²) in [6.45, 7) is 1.99. The summed E-state index contributed by atoms with van der Waals surface area (Å²) < 4.78 is 1.88. The normalized spacial score (nSPS) is 14.8. The van der Waals surface area contributed by atoms with E-state index in [1.54, 1.807) is 17.0 Å². The molecule has 0 aliphatic carbocycles. The number of benzene rings is 2. The number of fused-ring (bicyclic) bond motifs is 1. The number of amidine groups is 1. The number of aliphatic hydroxyl groups excluding tert-OH is 1. The Bertz CT molecular complexity index is 1050. The lowest BCUT2D eigenvalue weighted by Crippen LogP contribution is -2.26. The fourth-order valence-corrected chi connectivity index (χ4v) is 3.17. The molecule has 2 heterocycles. The molecule has 0 saturated heterocycles. The Balaban J connectivity index is 1.78. The number of para-hydroxylation sites is 2. The lowest BCUT2D eigenvalue weighted by molar-refractivity contribution is 0.411. The number of aromatic hydroxyl groups is 1. The molecule has 0 radical (unpaired) electrons. The average molecular weight is 334 g/mol. The van der Waals surface area contributed by atoms with Gasteiger partial charge >= 0.3 is 0 Å². The minimum atomic E-state index is 0.100. The Kier molecular flexibility index (Phi) is 3.28. The summed E-state index contributed by atoms with van der Waals surface area (Å²) in [6, 6.07) is 12.9. The Morgan fingerprint density at radius 2 is 1.88 bits per heavy atom. The third-order valence-electron chi connectivity index (χ3n) is 4.62. The predicted octanol–water partition coefficient (Wildman–Crippen LogP) is 3.35. The van der Waals surface area contributed by atoms with Crippen LogP contribution in [0.3, 0.4) is 0 Å². The monoisotopic (exact) mass is 334 g/mol. The molecule has 6 heteroatoms. The van der Waals surface area contributed by atoms with Crippen molar-refractivity contribution in [1.29, 1.82) is 5.41 Å². The van der Waals surface area contributed by atoms with Gasteiger partial charge in [0.2, 0.25) is 0 Å². The number of hydrogen-bond acceptors (Lipinski definition) is 4. The number of anilines is 1. The smallest absolute Gasteiger partial charge is 0.148 e. The van der Waals surface area contributed by atoms with Gasteiger partial charge in [-0.3, -0.25) is 5.41 Å². The van der Waals surface area contributed by atoms with Gasteiger partial charge in [0.1, 0.15) is 23.2 Å². The Hall–Kier alpha value is -3.28. The van der Waals surface area contributed by atoms with Crippen LogP contribution in [0.25, 0.3) is 16.6 Å². The molecule has 4 rings (SSSR count). The average Bonchev–Trinajstić information content (AvgIpc) is 3.07. The molecule has 0 saturated carbocycles. The highest BCUT2D eigenvalue weighted by Crippen LogP contribution is 2.33. The van der Waals surface area contributed by atoms with Crippen LogP contribution in [-0.2, 0) is 7.05 Å². The van der Waals surface area contributed by atoms with Gasteiger partial charge in [0.25, 0.3) is 0 Å². The molecule has 126 valence electrons. The van der Waals surface area contributed by atoms with Crippen molar-refractivity contribution in [2.24, 2.45) is 7.05 Å².